The molecule has 1 heterocycles. The van der Waals surface area contributed by atoms with E-state index in [0.717, 1.165) is 31.1 Å². The van der Waals surface area contributed by atoms with Crippen molar-refractivity contribution in [3.05, 3.63) is 30.0 Å². The second-order valence-electron chi connectivity index (χ2n) is 7.61. The highest BCUT2D eigenvalue weighted by molar-refractivity contribution is 5.98. The smallest absolute Gasteiger partial charge is 0.251 e. The van der Waals surface area contributed by atoms with Gasteiger partial charge in [0, 0.05) is 23.2 Å². The van der Waals surface area contributed by atoms with Gasteiger partial charge < -0.3 is 20.8 Å². The maximum atomic E-state index is 12.4. The number of hydrogen-bond acceptors (Lipinski definition) is 6. The van der Waals surface area contributed by atoms with E-state index < -0.39 is 5.54 Å². The van der Waals surface area contributed by atoms with Crippen molar-refractivity contribution in [2.24, 2.45) is 0 Å². The number of hydrogen-bond donors (Lipinski definition) is 4. The van der Waals surface area contributed by atoms with Crippen LogP contribution in [0, 0.1) is 0 Å². The summed E-state index contributed by atoms with van der Waals surface area (Å²) in [6, 6.07) is 5.53. The average Bonchev–Trinajstić information content (AvgIpc) is 2.62. The summed E-state index contributed by atoms with van der Waals surface area (Å²) in [5, 5.41) is 25.9. The molecule has 1 aromatic heterocycles. The molecule has 0 aliphatic heterocycles. The number of aliphatic hydroxyl groups excluding tert-OH is 2. The number of amides is 1. The van der Waals surface area contributed by atoms with E-state index in [4.69, 9.17) is 0 Å². The highest BCUT2D eigenvalue weighted by Gasteiger charge is 2.21. The fraction of sp³-hybridized carbons (Fsp3) is 0.526. The Morgan fingerprint density at radius 2 is 2.00 bits per heavy atom. The van der Waals surface area contributed by atoms with Crippen molar-refractivity contribution < 1.29 is 15.0 Å². The van der Waals surface area contributed by atoms with Crippen LogP contribution in [0.15, 0.2) is 24.4 Å². The van der Waals surface area contributed by atoms with E-state index in [2.05, 4.69) is 20.6 Å². The Morgan fingerprint density at radius 1 is 1.27 bits per heavy atom. The van der Waals surface area contributed by atoms with Crippen LogP contribution in [0.3, 0.4) is 0 Å². The molecular weight excluding hydrogens is 332 g/mol. The average molecular weight is 358 g/mol. The normalized spacial score (nSPS) is 20.8. The summed E-state index contributed by atoms with van der Waals surface area (Å²) in [5.41, 5.74) is 0.493. The Balaban J connectivity index is 1.76. The maximum Gasteiger partial charge on any atom is 0.251 e. The zero-order chi connectivity index (χ0) is 18.7. The molecule has 2 aromatic rings. The fourth-order valence-corrected chi connectivity index (χ4v) is 3.06. The molecule has 0 saturated heterocycles. The van der Waals surface area contributed by atoms with Gasteiger partial charge in [-0.25, -0.2) is 9.97 Å². The van der Waals surface area contributed by atoms with Crippen molar-refractivity contribution in [3.8, 4) is 0 Å². The number of nitrogens with one attached hydrogen (secondary N) is 2. The van der Waals surface area contributed by atoms with Crippen molar-refractivity contribution in [2.45, 2.75) is 57.2 Å². The van der Waals surface area contributed by atoms with Gasteiger partial charge in [0.15, 0.2) is 0 Å². The molecule has 1 aliphatic rings. The Bertz CT molecular complexity index is 785. The Morgan fingerprint density at radius 3 is 2.69 bits per heavy atom. The van der Waals surface area contributed by atoms with Crippen LogP contribution in [0.25, 0.3) is 10.9 Å². The number of anilines is 1. The lowest BCUT2D eigenvalue weighted by Crippen LogP contribution is -2.46. The molecule has 7 nitrogen and oxygen atoms in total. The summed E-state index contributed by atoms with van der Waals surface area (Å²) in [5.74, 6) is 0.285. The molecule has 0 bridgehead atoms. The molecule has 1 amide bonds. The first-order valence-electron chi connectivity index (χ1n) is 9.01. The summed E-state index contributed by atoms with van der Waals surface area (Å²) >= 11 is 0. The van der Waals surface area contributed by atoms with Crippen LogP contribution in [-0.4, -0.2) is 50.4 Å². The van der Waals surface area contributed by atoms with Crippen LogP contribution < -0.4 is 10.6 Å². The molecule has 26 heavy (non-hydrogen) atoms. The summed E-state index contributed by atoms with van der Waals surface area (Å²) < 4.78 is 0. The first-order valence-corrected chi connectivity index (χ1v) is 9.01. The van der Waals surface area contributed by atoms with Gasteiger partial charge in [-0.2, -0.15) is 0 Å². The van der Waals surface area contributed by atoms with E-state index >= 15 is 0 Å². The molecule has 0 atom stereocenters. The summed E-state index contributed by atoms with van der Waals surface area (Å²) in [6.07, 6.45) is 4.89. The minimum absolute atomic E-state index is 0.140. The van der Waals surface area contributed by atoms with E-state index in [1.54, 1.807) is 32.2 Å². The third-order valence-corrected chi connectivity index (χ3v) is 4.72. The molecule has 140 valence electrons. The Hall–Kier alpha value is -2.25. The quantitative estimate of drug-likeness (QED) is 0.650. The van der Waals surface area contributed by atoms with Gasteiger partial charge in [-0.05, 0) is 51.7 Å². The maximum absolute atomic E-state index is 12.4. The molecule has 1 aliphatic carbocycles. The molecule has 1 fully saturated rings. The minimum Gasteiger partial charge on any atom is -0.394 e. The zero-order valence-electron chi connectivity index (χ0n) is 15.2. The Labute approximate surface area is 152 Å². The number of nitrogens with zero attached hydrogens (tertiary/aromatic N) is 2. The molecule has 0 unspecified atom stereocenters. The van der Waals surface area contributed by atoms with Gasteiger partial charge in [0.25, 0.3) is 5.91 Å². The predicted octanol–water partition coefficient (Wildman–Crippen LogP) is 1.85. The number of rotatable bonds is 5. The fourth-order valence-electron chi connectivity index (χ4n) is 3.06. The number of fused-ring (bicyclic) bond motifs is 1. The molecule has 4 N–H and O–H groups in total. The van der Waals surface area contributed by atoms with Crippen LogP contribution in [0.5, 0.6) is 0 Å². The third-order valence-electron chi connectivity index (χ3n) is 4.72. The lowest BCUT2D eigenvalue weighted by molar-refractivity contribution is 0.0869. The number of aliphatic hydroxyl groups is 2. The van der Waals surface area contributed by atoms with Gasteiger partial charge in [0.05, 0.1) is 23.8 Å². The molecular formula is C19H26N4O3. The molecule has 1 saturated carbocycles. The van der Waals surface area contributed by atoms with Gasteiger partial charge in [-0.3, -0.25) is 4.79 Å². The highest BCUT2D eigenvalue weighted by Crippen LogP contribution is 2.22. The van der Waals surface area contributed by atoms with Gasteiger partial charge in [-0.1, -0.05) is 6.07 Å². The van der Waals surface area contributed by atoms with E-state index in [1.807, 2.05) is 6.07 Å². The van der Waals surface area contributed by atoms with Gasteiger partial charge in [-0.15, -0.1) is 0 Å². The van der Waals surface area contributed by atoms with Gasteiger partial charge in [0.2, 0.25) is 5.95 Å². The molecule has 3 rings (SSSR count). The van der Waals surface area contributed by atoms with Crippen LogP contribution in [0.1, 0.15) is 49.9 Å². The topological polar surface area (TPSA) is 107 Å². The largest absolute Gasteiger partial charge is 0.394 e. The lowest BCUT2D eigenvalue weighted by atomic mass is 9.93. The first kappa shape index (κ1) is 18.5. The zero-order valence-corrected chi connectivity index (χ0v) is 15.2. The third kappa shape index (κ3) is 4.47. The molecule has 1 aromatic carbocycles. The van der Waals surface area contributed by atoms with Crippen molar-refractivity contribution in [3.63, 3.8) is 0 Å². The number of benzene rings is 1. The van der Waals surface area contributed by atoms with Crippen molar-refractivity contribution in [1.82, 2.24) is 15.3 Å². The second kappa shape index (κ2) is 7.55. The molecule has 7 heteroatoms. The summed E-state index contributed by atoms with van der Waals surface area (Å²) in [4.78, 5) is 21.3. The summed E-state index contributed by atoms with van der Waals surface area (Å²) in [6.45, 7) is 3.38. The first-order chi connectivity index (χ1) is 12.4. The summed E-state index contributed by atoms with van der Waals surface area (Å²) in [7, 11) is 0. The van der Waals surface area contributed by atoms with Crippen LogP contribution in [0.2, 0.25) is 0 Å². The monoisotopic (exact) mass is 358 g/mol. The van der Waals surface area contributed by atoms with Crippen molar-refractivity contribution in [1.29, 1.82) is 0 Å². The SMILES string of the molecule is CC(C)(CO)NC(=O)c1ccc2cnc(NC3CCC(O)CC3)nc2c1. The minimum atomic E-state index is -0.685. The van der Waals surface area contributed by atoms with Crippen LogP contribution >= 0.6 is 0 Å². The predicted molar refractivity (Wildman–Crippen MR) is 100 cm³/mol. The van der Waals surface area contributed by atoms with Crippen LogP contribution in [0.4, 0.5) is 5.95 Å². The molecule has 0 spiro atoms. The number of aromatic nitrogens is 2. The molecule has 0 radical (unpaired) electrons. The second-order valence-corrected chi connectivity index (χ2v) is 7.61. The van der Waals surface area contributed by atoms with E-state index in [0.29, 0.717) is 17.0 Å². The Kier molecular flexibility index (Phi) is 5.38. The van der Waals surface area contributed by atoms with Crippen LogP contribution in [-0.2, 0) is 0 Å². The number of carbonyl (C=O) groups excluding carboxylic acids is 1. The van der Waals surface area contributed by atoms with Gasteiger partial charge in [0.1, 0.15) is 0 Å². The van der Waals surface area contributed by atoms with E-state index in [9.17, 15) is 15.0 Å². The lowest BCUT2D eigenvalue weighted by Gasteiger charge is -2.26. The van der Waals surface area contributed by atoms with Gasteiger partial charge >= 0.3 is 0 Å². The standard InChI is InChI=1S/C19H26N4O3/c1-19(2,11-24)23-17(26)12-3-4-13-10-20-18(22-16(13)9-12)21-14-5-7-15(25)8-6-14/h3-4,9-10,14-15,24-25H,5-8,11H2,1-2H3,(H,23,26)(H,20,21,22). The van der Waals surface area contributed by atoms with E-state index in [-0.39, 0.29) is 24.7 Å². The van der Waals surface area contributed by atoms with E-state index in [1.165, 1.54) is 0 Å². The highest BCUT2D eigenvalue weighted by atomic mass is 16.3. The number of carbonyl (C=O) groups is 1. The van der Waals surface area contributed by atoms with Crippen molar-refractivity contribution >= 4 is 22.8 Å². The van der Waals surface area contributed by atoms with Crippen molar-refractivity contribution in [2.75, 3.05) is 11.9 Å².